The quantitative estimate of drug-likeness (QED) is 0.470. The van der Waals surface area contributed by atoms with Crippen molar-refractivity contribution >= 4 is 11.9 Å². The van der Waals surface area contributed by atoms with Crippen molar-refractivity contribution in [2.45, 2.75) is 33.8 Å². The summed E-state index contributed by atoms with van der Waals surface area (Å²) in [5.74, 6) is 0.0438. The minimum atomic E-state index is -0.532. The molecule has 0 atom stereocenters. The van der Waals surface area contributed by atoms with Gasteiger partial charge in [0.1, 0.15) is 0 Å². The van der Waals surface area contributed by atoms with Gasteiger partial charge in [0.05, 0.1) is 11.9 Å². The lowest BCUT2D eigenvalue weighted by atomic mass is 9.92. The third-order valence-electron chi connectivity index (χ3n) is 1.75. The minimum Gasteiger partial charge on any atom is -0.447 e. The summed E-state index contributed by atoms with van der Waals surface area (Å²) in [7, 11) is 0. The standard InChI is InChI=1S/C9H19N3O2/c1-6(2)14-8(13)12-5-9(3,4)7(10)11/h6H,5H2,1-4H3,(H3,10,11)(H,12,13). The normalized spacial score (nSPS) is 11.2. The predicted octanol–water partition coefficient (Wildman–Crippen LogP) is 1.08. The number of rotatable bonds is 4. The molecule has 0 fully saturated rings. The van der Waals surface area contributed by atoms with Crippen LogP contribution in [0, 0.1) is 10.8 Å². The van der Waals surface area contributed by atoms with Gasteiger partial charge in [0.2, 0.25) is 0 Å². The van der Waals surface area contributed by atoms with Gasteiger partial charge in [-0.3, -0.25) is 5.41 Å². The van der Waals surface area contributed by atoms with Crippen LogP contribution < -0.4 is 11.1 Å². The SMILES string of the molecule is CC(C)OC(=O)NCC(C)(C)C(=N)N. The van der Waals surface area contributed by atoms with Gasteiger partial charge in [0, 0.05) is 12.0 Å². The summed E-state index contributed by atoms with van der Waals surface area (Å²) in [6.45, 7) is 7.41. The molecule has 0 spiro atoms. The average Bonchev–Trinajstić information content (AvgIpc) is 1.99. The van der Waals surface area contributed by atoms with Gasteiger partial charge in [-0.15, -0.1) is 0 Å². The lowest BCUT2D eigenvalue weighted by molar-refractivity contribution is 0.114. The Morgan fingerprint density at radius 2 is 2.07 bits per heavy atom. The van der Waals surface area contributed by atoms with E-state index in [1.807, 2.05) is 0 Å². The van der Waals surface area contributed by atoms with Crippen molar-refractivity contribution in [3.05, 3.63) is 0 Å². The molecule has 14 heavy (non-hydrogen) atoms. The highest BCUT2D eigenvalue weighted by Crippen LogP contribution is 2.12. The Hall–Kier alpha value is -1.26. The molecular formula is C9H19N3O2. The second-order valence-electron chi connectivity index (χ2n) is 4.11. The average molecular weight is 201 g/mol. The van der Waals surface area contributed by atoms with Gasteiger partial charge in [0.15, 0.2) is 0 Å². The second kappa shape index (κ2) is 4.83. The minimum absolute atomic E-state index is 0.0438. The molecule has 0 saturated carbocycles. The summed E-state index contributed by atoms with van der Waals surface area (Å²) in [5, 5.41) is 9.82. The number of amidine groups is 1. The van der Waals surface area contributed by atoms with E-state index < -0.39 is 11.5 Å². The third kappa shape index (κ3) is 4.69. The van der Waals surface area contributed by atoms with Gasteiger partial charge in [0.25, 0.3) is 0 Å². The molecule has 0 aliphatic heterocycles. The van der Waals surface area contributed by atoms with Gasteiger partial charge in [-0.1, -0.05) is 13.8 Å². The first-order valence-electron chi connectivity index (χ1n) is 4.54. The van der Waals surface area contributed by atoms with Crippen LogP contribution in [0.3, 0.4) is 0 Å². The summed E-state index contributed by atoms with van der Waals surface area (Å²) < 4.78 is 4.86. The Balaban J connectivity index is 3.94. The number of amides is 1. The van der Waals surface area contributed by atoms with E-state index >= 15 is 0 Å². The maximum atomic E-state index is 11.1. The number of carbonyl (C=O) groups excluding carboxylic acids is 1. The van der Waals surface area contributed by atoms with Crippen LogP contribution in [0.25, 0.3) is 0 Å². The van der Waals surface area contributed by atoms with E-state index in [1.54, 1.807) is 27.7 Å². The van der Waals surface area contributed by atoms with E-state index in [0.29, 0.717) is 6.54 Å². The molecule has 0 aliphatic carbocycles. The Labute approximate surface area is 84.5 Å². The summed E-state index contributed by atoms with van der Waals surface area (Å²) in [5.41, 5.74) is 4.82. The molecule has 0 saturated heterocycles. The smallest absolute Gasteiger partial charge is 0.407 e. The molecule has 5 nitrogen and oxygen atoms in total. The number of hydrogen-bond acceptors (Lipinski definition) is 3. The highest BCUT2D eigenvalue weighted by atomic mass is 16.6. The maximum absolute atomic E-state index is 11.1. The second-order valence-corrected chi connectivity index (χ2v) is 4.11. The molecule has 0 aromatic rings. The van der Waals surface area contributed by atoms with Crippen LogP contribution in [0.2, 0.25) is 0 Å². The van der Waals surface area contributed by atoms with Crippen molar-refractivity contribution in [1.82, 2.24) is 5.32 Å². The first kappa shape index (κ1) is 12.7. The molecule has 0 aromatic heterocycles. The van der Waals surface area contributed by atoms with E-state index in [4.69, 9.17) is 15.9 Å². The molecular weight excluding hydrogens is 182 g/mol. The van der Waals surface area contributed by atoms with Gasteiger partial charge in [-0.25, -0.2) is 4.79 Å². The van der Waals surface area contributed by atoms with Crippen LogP contribution in [0.15, 0.2) is 0 Å². The lowest BCUT2D eigenvalue weighted by Gasteiger charge is -2.23. The van der Waals surface area contributed by atoms with E-state index in [0.717, 1.165) is 0 Å². The summed E-state index contributed by atoms with van der Waals surface area (Å²) in [4.78, 5) is 11.1. The Bertz CT molecular complexity index is 224. The van der Waals surface area contributed by atoms with Gasteiger partial charge in [-0.05, 0) is 13.8 Å². The molecule has 0 rings (SSSR count). The number of nitrogens with one attached hydrogen (secondary N) is 2. The summed E-state index contributed by atoms with van der Waals surface area (Å²) in [6.07, 6.45) is -0.621. The van der Waals surface area contributed by atoms with Crippen molar-refractivity contribution in [2.75, 3.05) is 6.54 Å². The molecule has 1 amide bonds. The molecule has 0 heterocycles. The molecule has 0 bridgehead atoms. The third-order valence-corrected chi connectivity index (χ3v) is 1.75. The van der Waals surface area contributed by atoms with E-state index in [1.165, 1.54) is 0 Å². The zero-order chi connectivity index (χ0) is 11.4. The zero-order valence-corrected chi connectivity index (χ0v) is 9.18. The zero-order valence-electron chi connectivity index (χ0n) is 9.18. The Morgan fingerprint density at radius 3 is 2.43 bits per heavy atom. The molecule has 0 unspecified atom stereocenters. The fourth-order valence-electron chi connectivity index (χ4n) is 0.644. The van der Waals surface area contributed by atoms with Crippen LogP contribution in [0.5, 0.6) is 0 Å². The Kier molecular flexibility index (Phi) is 4.40. The summed E-state index contributed by atoms with van der Waals surface area (Å²) in [6, 6.07) is 0. The maximum Gasteiger partial charge on any atom is 0.407 e. The van der Waals surface area contributed by atoms with E-state index in [-0.39, 0.29) is 11.9 Å². The van der Waals surface area contributed by atoms with Crippen molar-refractivity contribution in [2.24, 2.45) is 11.1 Å². The van der Waals surface area contributed by atoms with Crippen molar-refractivity contribution < 1.29 is 9.53 Å². The van der Waals surface area contributed by atoms with Gasteiger partial charge >= 0.3 is 6.09 Å². The molecule has 5 heteroatoms. The lowest BCUT2D eigenvalue weighted by Crippen LogP contribution is -2.42. The van der Waals surface area contributed by atoms with Gasteiger partial charge < -0.3 is 15.8 Å². The monoisotopic (exact) mass is 201 g/mol. The number of carbonyl (C=O) groups is 1. The number of hydrogen-bond donors (Lipinski definition) is 3. The van der Waals surface area contributed by atoms with Crippen molar-refractivity contribution in [3.63, 3.8) is 0 Å². The highest BCUT2D eigenvalue weighted by Gasteiger charge is 2.22. The van der Waals surface area contributed by atoms with Crippen molar-refractivity contribution in [1.29, 1.82) is 5.41 Å². The number of alkyl carbamates (subject to hydrolysis) is 1. The van der Waals surface area contributed by atoms with Crippen molar-refractivity contribution in [3.8, 4) is 0 Å². The van der Waals surface area contributed by atoms with E-state index in [2.05, 4.69) is 5.32 Å². The fourth-order valence-corrected chi connectivity index (χ4v) is 0.644. The highest BCUT2D eigenvalue weighted by molar-refractivity contribution is 5.83. The topological polar surface area (TPSA) is 88.2 Å². The van der Waals surface area contributed by atoms with Crippen LogP contribution >= 0.6 is 0 Å². The first-order valence-corrected chi connectivity index (χ1v) is 4.54. The Morgan fingerprint density at radius 1 is 1.57 bits per heavy atom. The number of ether oxygens (including phenoxy) is 1. The molecule has 0 aliphatic rings. The van der Waals surface area contributed by atoms with E-state index in [9.17, 15) is 4.79 Å². The van der Waals surface area contributed by atoms with Crippen LogP contribution in [-0.2, 0) is 4.74 Å². The molecule has 0 aromatic carbocycles. The summed E-state index contributed by atoms with van der Waals surface area (Å²) >= 11 is 0. The van der Waals surface area contributed by atoms with Crippen LogP contribution in [0.1, 0.15) is 27.7 Å². The van der Waals surface area contributed by atoms with Crippen LogP contribution in [-0.4, -0.2) is 24.6 Å². The van der Waals surface area contributed by atoms with Crippen LogP contribution in [0.4, 0.5) is 4.79 Å². The van der Waals surface area contributed by atoms with Gasteiger partial charge in [-0.2, -0.15) is 0 Å². The molecule has 0 radical (unpaired) electrons. The molecule has 4 N–H and O–H groups in total. The predicted molar refractivity (Wildman–Crippen MR) is 55.3 cm³/mol. The molecule has 82 valence electrons. The first-order chi connectivity index (χ1) is 6.25. The largest absolute Gasteiger partial charge is 0.447 e. The number of nitrogens with two attached hydrogens (primary N) is 1. The fraction of sp³-hybridized carbons (Fsp3) is 0.778.